The van der Waals surface area contributed by atoms with Crippen LogP contribution in [0.1, 0.15) is 13.3 Å². The van der Waals surface area contributed by atoms with Crippen LogP contribution < -0.4 is 0 Å². The average molecular weight is 325 g/mol. The highest BCUT2D eigenvalue weighted by Crippen LogP contribution is 2.22. The third-order valence-electron chi connectivity index (χ3n) is 2.64. The first kappa shape index (κ1) is 17.9. The summed E-state index contributed by atoms with van der Waals surface area (Å²) < 4.78 is 67.8. The first-order chi connectivity index (χ1) is 9.77. The lowest BCUT2D eigenvalue weighted by Crippen LogP contribution is -2.39. The van der Waals surface area contributed by atoms with Gasteiger partial charge in [-0.05, 0) is 25.5 Å². The van der Waals surface area contributed by atoms with Gasteiger partial charge in [0.15, 0.2) is 0 Å². The summed E-state index contributed by atoms with van der Waals surface area (Å²) in [5, 5.41) is 0. The topological polar surface area (TPSA) is 46.6 Å². The molecular weight excluding hydrogens is 307 g/mol. The summed E-state index contributed by atoms with van der Waals surface area (Å²) in [6.07, 6.45) is -4.39. The van der Waals surface area contributed by atoms with Crippen molar-refractivity contribution in [1.82, 2.24) is 4.31 Å². The number of nitrogens with zero attached hydrogens (tertiary/aromatic N) is 1. The zero-order valence-electron chi connectivity index (χ0n) is 11.6. The van der Waals surface area contributed by atoms with Gasteiger partial charge in [-0.15, -0.1) is 0 Å². The Bertz CT molecular complexity index is 517. The fraction of sp³-hybridized carbons (Fsp3) is 0.538. The molecule has 0 saturated heterocycles. The number of alkyl halides is 3. The Morgan fingerprint density at radius 3 is 2.33 bits per heavy atom. The van der Waals surface area contributed by atoms with Crippen LogP contribution in [0.5, 0.6) is 0 Å². The lowest BCUT2D eigenvalue weighted by Gasteiger charge is -2.23. The monoisotopic (exact) mass is 325 g/mol. The fourth-order valence-corrected chi connectivity index (χ4v) is 3.20. The quantitative estimate of drug-likeness (QED) is 0.690. The molecule has 0 aliphatic heterocycles. The van der Waals surface area contributed by atoms with Gasteiger partial charge in [0.05, 0.1) is 4.90 Å². The summed E-state index contributed by atoms with van der Waals surface area (Å²) >= 11 is 0. The summed E-state index contributed by atoms with van der Waals surface area (Å²) in [7, 11) is -4.16. The smallest absolute Gasteiger partial charge is 0.382 e. The number of halogens is 3. The molecule has 0 N–H and O–H groups in total. The standard InChI is InChI=1S/C13H18F3NO3S/c1-2-20-10-6-9-17(11-13(14,15)16)21(18,19)12-7-4-3-5-8-12/h3-5,7-8H,2,6,9-11H2,1H3. The maximum atomic E-state index is 12.6. The van der Waals surface area contributed by atoms with Gasteiger partial charge >= 0.3 is 6.18 Å². The second-order valence-corrected chi connectivity index (χ2v) is 6.26. The van der Waals surface area contributed by atoms with Gasteiger partial charge in [-0.1, -0.05) is 18.2 Å². The van der Waals surface area contributed by atoms with Crippen molar-refractivity contribution in [1.29, 1.82) is 0 Å². The largest absolute Gasteiger partial charge is 0.402 e. The van der Waals surface area contributed by atoms with E-state index in [9.17, 15) is 21.6 Å². The first-order valence-electron chi connectivity index (χ1n) is 6.47. The maximum absolute atomic E-state index is 12.6. The molecule has 0 atom stereocenters. The van der Waals surface area contributed by atoms with Crippen molar-refractivity contribution in [3.63, 3.8) is 0 Å². The van der Waals surface area contributed by atoms with E-state index in [4.69, 9.17) is 4.74 Å². The van der Waals surface area contributed by atoms with Crippen molar-refractivity contribution in [3.05, 3.63) is 30.3 Å². The van der Waals surface area contributed by atoms with Gasteiger partial charge < -0.3 is 4.74 Å². The first-order valence-corrected chi connectivity index (χ1v) is 7.91. The van der Waals surface area contributed by atoms with Crippen LogP contribution in [0.4, 0.5) is 13.2 Å². The van der Waals surface area contributed by atoms with E-state index >= 15 is 0 Å². The molecule has 4 nitrogen and oxygen atoms in total. The van der Waals surface area contributed by atoms with E-state index in [1.54, 1.807) is 13.0 Å². The van der Waals surface area contributed by atoms with E-state index in [1.165, 1.54) is 24.3 Å². The fourth-order valence-electron chi connectivity index (χ4n) is 1.71. The molecule has 0 aromatic heterocycles. The van der Waals surface area contributed by atoms with E-state index < -0.39 is 22.7 Å². The number of ether oxygens (including phenoxy) is 1. The van der Waals surface area contributed by atoms with Crippen LogP contribution in [0.2, 0.25) is 0 Å². The number of hydrogen-bond donors (Lipinski definition) is 0. The van der Waals surface area contributed by atoms with Crippen molar-refractivity contribution in [3.8, 4) is 0 Å². The minimum atomic E-state index is -4.59. The van der Waals surface area contributed by atoms with Crippen molar-refractivity contribution in [2.75, 3.05) is 26.3 Å². The minimum absolute atomic E-state index is 0.148. The molecule has 0 spiro atoms. The van der Waals surface area contributed by atoms with Gasteiger partial charge in [0.2, 0.25) is 10.0 Å². The Balaban J connectivity index is 2.89. The van der Waals surface area contributed by atoms with E-state index in [0.29, 0.717) is 10.9 Å². The van der Waals surface area contributed by atoms with Crippen LogP contribution in [0, 0.1) is 0 Å². The third-order valence-corrected chi connectivity index (χ3v) is 4.50. The van der Waals surface area contributed by atoms with Gasteiger partial charge in [-0.25, -0.2) is 8.42 Å². The number of hydrogen-bond acceptors (Lipinski definition) is 3. The van der Waals surface area contributed by atoms with E-state index in [1.807, 2.05) is 0 Å². The molecule has 21 heavy (non-hydrogen) atoms. The van der Waals surface area contributed by atoms with Crippen LogP contribution in [0.3, 0.4) is 0 Å². The molecule has 1 rings (SSSR count). The number of benzene rings is 1. The summed E-state index contributed by atoms with van der Waals surface area (Å²) in [5.74, 6) is 0. The van der Waals surface area contributed by atoms with Crippen molar-refractivity contribution in [2.24, 2.45) is 0 Å². The normalized spacial score (nSPS) is 12.8. The molecule has 0 heterocycles. The highest BCUT2D eigenvalue weighted by Gasteiger charge is 2.36. The predicted molar refractivity (Wildman–Crippen MR) is 72.4 cm³/mol. The average Bonchev–Trinajstić information content (AvgIpc) is 2.42. The molecule has 0 saturated carbocycles. The van der Waals surface area contributed by atoms with E-state index in [-0.39, 0.29) is 24.5 Å². The molecule has 120 valence electrons. The summed E-state index contributed by atoms with van der Waals surface area (Å²) in [6, 6.07) is 7.10. The zero-order valence-corrected chi connectivity index (χ0v) is 12.5. The zero-order chi connectivity index (χ0) is 15.9. The molecule has 0 aliphatic rings. The summed E-state index contributed by atoms with van der Waals surface area (Å²) in [6.45, 7) is 0.668. The molecule has 1 aromatic carbocycles. The van der Waals surface area contributed by atoms with Crippen LogP contribution in [0.15, 0.2) is 35.2 Å². The van der Waals surface area contributed by atoms with E-state index in [0.717, 1.165) is 0 Å². The Morgan fingerprint density at radius 2 is 1.81 bits per heavy atom. The van der Waals surface area contributed by atoms with Crippen LogP contribution in [-0.4, -0.2) is 45.2 Å². The molecule has 0 unspecified atom stereocenters. The van der Waals surface area contributed by atoms with Gasteiger partial charge in [-0.3, -0.25) is 0 Å². The van der Waals surface area contributed by atoms with Crippen LogP contribution in [-0.2, 0) is 14.8 Å². The highest BCUT2D eigenvalue weighted by atomic mass is 32.2. The second-order valence-electron chi connectivity index (χ2n) is 4.32. The Hall–Kier alpha value is -1.12. The van der Waals surface area contributed by atoms with E-state index in [2.05, 4.69) is 0 Å². The molecular formula is C13H18F3NO3S. The molecule has 0 radical (unpaired) electrons. The van der Waals surface area contributed by atoms with Gasteiger partial charge in [-0.2, -0.15) is 17.5 Å². The summed E-state index contributed by atoms with van der Waals surface area (Å²) in [4.78, 5) is -0.148. The van der Waals surface area contributed by atoms with Crippen LogP contribution >= 0.6 is 0 Å². The Kier molecular flexibility index (Phi) is 6.63. The molecule has 0 bridgehead atoms. The molecule has 1 aromatic rings. The third kappa shape index (κ3) is 6.03. The SMILES string of the molecule is CCOCCCN(CC(F)(F)F)S(=O)(=O)c1ccccc1. The lowest BCUT2D eigenvalue weighted by molar-refractivity contribution is -0.136. The lowest BCUT2D eigenvalue weighted by atomic mass is 10.4. The second kappa shape index (κ2) is 7.77. The highest BCUT2D eigenvalue weighted by molar-refractivity contribution is 7.89. The number of sulfonamides is 1. The number of rotatable bonds is 8. The molecule has 0 fully saturated rings. The van der Waals surface area contributed by atoms with Crippen molar-refractivity contribution in [2.45, 2.75) is 24.4 Å². The minimum Gasteiger partial charge on any atom is -0.382 e. The maximum Gasteiger partial charge on any atom is 0.402 e. The van der Waals surface area contributed by atoms with Crippen LogP contribution in [0.25, 0.3) is 0 Å². The molecule has 8 heteroatoms. The van der Waals surface area contributed by atoms with Gasteiger partial charge in [0.1, 0.15) is 6.54 Å². The van der Waals surface area contributed by atoms with Gasteiger partial charge in [0, 0.05) is 19.8 Å². The van der Waals surface area contributed by atoms with Crippen molar-refractivity contribution >= 4 is 10.0 Å². The molecule has 0 aliphatic carbocycles. The van der Waals surface area contributed by atoms with Gasteiger partial charge in [0.25, 0.3) is 0 Å². The Morgan fingerprint density at radius 1 is 1.19 bits per heavy atom. The summed E-state index contributed by atoms with van der Waals surface area (Å²) in [5.41, 5.74) is 0. The molecule has 0 amide bonds. The Labute approximate surface area is 122 Å². The van der Waals surface area contributed by atoms with Crippen molar-refractivity contribution < 1.29 is 26.3 Å². The predicted octanol–water partition coefficient (Wildman–Crippen LogP) is 2.67.